The van der Waals surface area contributed by atoms with Gasteiger partial charge in [0.2, 0.25) is 0 Å². The molecule has 3 fully saturated rings. The summed E-state index contributed by atoms with van der Waals surface area (Å²) in [5.41, 5.74) is 3.02. The van der Waals surface area contributed by atoms with Gasteiger partial charge in [-0.05, 0) is 42.2 Å². The predicted octanol–water partition coefficient (Wildman–Crippen LogP) is 0.924. The van der Waals surface area contributed by atoms with Gasteiger partial charge < -0.3 is 0 Å². The average molecular weight is 309 g/mol. The third kappa shape index (κ3) is 1.48. The first-order valence-electron chi connectivity index (χ1n) is 7.91. The summed E-state index contributed by atoms with van der Waals surface area (Å²) in [6.45, 7) is 0. The molecule has 1 aromatic rings. The van der Waals surface area contributed by atoms with Crippen LogP contribution >= 0.6 is 0 Å². The van der Waals surface area contributed by atoms with E-state index in [4.69, 9.17) is 0 Å². The lowest BCUT2D eigenvalue weighted by Gasteiger charge is -2.21. The number of fused-ring (bicyclic) bond motifs is 3. The Labute approximate surface area is 132 Å². The molecule has 0 radical (unpaired) electrons. The molecule has 1 aromatic heterocycles. The second kappa shape index (κ2) is 4.07. The second-order valence-electron chi connectivity index (χ2n) is 6.91. The Morgan fingerprint density at radius 2 is 1.65 bits per heavy atom. The largest absolute Gasteiger partial charge is 0.272 e. The van der Waals surface area contributed by atoms with Crippen molar-refractivity contribution >= 4 is 17.7 Å². The SMILES string of the molecule is O=C(NN1C(=O)[C@H]2[C@H](C1=O)[C@H]1C=C[C@H]2C12CC2)c1ccncc1. The van der Waals surface area contributed by atoms with Gasteiger partial charge in [-0.15, -0.1) is 0 Å². The third-order valence-electron chi connectivity index (χ3n) is 6.01. The summed E-state index contributed by atoms with van der Waals surface area (Å²) >= 11 is 0. The number of pyridine rings is 1. The van der Waals surface area contributed by atoms with E-state index in [1.807, 2.05) is 0 Å². The Morgan fingerprint density at radius 3 is 2.17 bits per heavy atom. The predicted molar refractivity (Wildman–Crippen MR) is 78.3 cm³/mol. The van der Waals surface area contributed by atoms with Crippen LogP contribution in [0.3, 0.4) is 0 Å². The van der Waals surface area contributed by atoms with Gasteiger partial charge in [0.25, 0.3) is 17.7 Å². The van der Waals surface area contributed by atoms with Gasteiger partial charge in [-0.25, -0.2) is 0 Å². The van der Waals surface area contributed by atoms with E-state index in [1.165, 1.54) is 12.4 Å². The normalized spacial score (nSPS) is 35.0. The highest BCUT2D eigenvalue weighted by Gasteiger charge is 2.73. The molecule has 2 saturated carbocycles. The van der Waals surface area contributed by atoms with E-state index in [0.717, 1.165) is 17.9 Å². The van der Waals surface area contributed by atoms with Gasteiger partial charge in [-0.3, -0.25) is 24.8 Å². The van der Waals surface area contributed by atoms with Gasteiger partial charge in [0.05, 0.1) is 11.8 Å². The lowest BCUT2D eigenvalue weighted by molar-refractivity contribution is -0.144. The number of nitrogens with zero attached hydrogens (tertiary/aromatic N) is 2. The van der Waals surface area contributed by atoms with E-state index < -0.39 is 5.91 Å². The first-order valence-corrected chi connectivity index (χ1v) is 7.91. The molecule has 0 aromatic carbocycles. The van der Waals surface area contributed by atoms with Crippen LogP contribution in [0.2, 0.25) is 0 Å². The van der Waals surface area contributed by atoms with Crippen molar-refractivity contribution in [3.8, 4) is 0 Å². The molecule has 1 N–H and O–H groups in total. The standard InChI is InChI=1S/C17H15N3O3/c21-14(9-3-7-18-8-4-9)19-20-15(22)12-10-1-2-11(13(12)16(20)23)17(10)5-6-17/h1-4,7-8,10-13H,5-6H2,(H,19,21)/t10-,11-,12-,13-/m1/s1. The molecule has 4 atom stereocenters. The summed E-state index contributed by atoms with van der Waals surface area (Å²) in [6, 6.07) is 3.09. The Bertz CT molecular complexity index is 735. The molecule has 1 saturated heterocycles. The zero-order valence-electron chi connectivity index (χ0n) is 12.3. The van der Waals surface area contributed by atoms with Crippen molar-refractivity contribution in [3.05, 3.63) is 42.2 Å². The minimum Gasteiger partial charge on any atom is -0.272 e. The van der Waals surface area contributed by atoms with Crippen molar-refractivity contribution < 1.29 is 14.4 Å². The molecule has 23 heavy (non-hydrogen) atoms. The zero-order chi connectivity index (χ0) is 15.8. The first-order chi connectivity index (χ1) is 11.1. The van der Waals surface area contributed by atoms with E-state index in [1.54, 1.807) is 12.1 Å². The molecule has 6 nitrogen and oxygen atoms in total. The molecule has 2 bridgehead atoms. The fourth-order valence-corrected chi connectivity index (χ4v) is 4.86. The maximum absolute atomic E-state index is 12.7. The number of carbonyl (C=O) groups excluding carboxylic acids is 3. The van der Waals surface area contributed by atoms with Crippen molar-refractivity contribution in [1.29, 1.82) is 0 Å². The highest BCUT2D eigenvalue weighted by molar-refractivity contribution is 6.09. The second-order valence-corrected chi connectivity index (χ2v) is 6.91. The number of imide groups is 1. The van der Waals surface area contributed by atoms with E-state index >= 15 is 0 Å². The number of hydrogen-bond donors (Lipinski definition) is 1. The summed E-state index contributed by atoms with van der Waals surface area (Å²) in [5, 5.41) is 0.945. The van der Waals surface area contributed by atoms with Gasteiger partial charge >= 0.3 is 0 Å². The number of hydrogen-bond acceptors (Lipinski definition) is 4. The summed E-state index contributed by atoms with van der Waals surface area (Å²) in [5.74, 6) is -1.24. The van der Waals surface area contributed by atoms with Crippen LogP contribution in [-0.4, -0.2) is 27.7 Å². The average Bonchev–Trinajstić information content (AvgIpc) is 3.18. The van der Waals surface area contributed by atoms with E-state index in [0.29, 0.717) is 5.56 Å². The third-order valence-corrected chi connectivity index (χ3v) is 6.01. The summed E-state index contributed by atoms with van der Waals surface area (Å²) < 4.78 is 0. The van der Waals surface area contributed by atoms with Crippen molar-refractivity contribution in [3.63, 3.8) is 0 Å². The molecule has 4 aliphatic rings. The summed E-state index contributed by atoms with van der Waals surface area (Å²) in [4.78, 5) is 41.5. The van der Waals surface area contributed by atoms with Crippen LogP contribution in [0.25, 0.3) is 0 Å². The van der Waals surface area contributed by atoms with Crippen LogP contribution in [0.15, 0.2) is 36.7 Å². The fraction of sp³-hybridized carbons (Fsp3) is 0.412. The van der Waals surface area contributed by atoms with Crippen LogP contribution in [0, 0.1) is 29.1 Å². The quantitative estimate of drug-likeness (QED) is 0.651. The molecule has 116 valence electrons. The Morgan fingerprint density at radius 1 is 1.09 bits per heavy atom. The molecule has 2 heterocycles. The number of rotatable bonds is 2. The van der Waals surface area contributed by atoms with Gasteiger partial charge in [-0.1, -0.05) is 12.2 Å². The van der Waals surface area contributed by atoms with E-state index in [9.17, 15) is 14.4 Å². The Hall–Kier alpha value is -2.50. The Balaban J connectivity index is 1.42. The van der Waals surface area contributed by atoms with Gasteiger partial charge in [0.1, 0.15) is 0 Å². The lowest BCUT2D eigenvalue weighted by atomic mass is 9.85. The van der Waals surface area contributed by atoms with Crippen molar-refractivity contribution in [2.45, 2.75) is 12.8 Å². The van der Waals surface area contributed by atoms with Gasteiger partial charge in [0.15, 0.2) is 0 Å². The maximum Gasteiger partial charge on any atom is 0.270 e. The molecular weight excluding hydrogens is 294 g/mol. The number of aromatic nitrogens is 1. The highest BCUT2D eigenvalue weighted by Crippen LogP contribution is 2.73. The molecule has 1 aliphatic heterocycles. The van der Waals surface area contributed by atoms with Gasteiger partial charge in [0, 0.05) is 18.0 Å². The smallest absolute Gasteiger partial charge is 0.270 e. The summed E-state index contributed by atoms with van der Waals surface area (Å²) in [6.07, 6.45) is 9.42. The minimum atomic E-state index is -0.462. The molecule has 3 aliphatic carbocycles. The molecule has 0 unspecified atom stereocenters. The van der Waals surface area contributed by atoms with Crippen LogP contribution in [0.4, 0.5) is 0 Å². The van der Waals surface area contributed by atoms with Crippen molar-refractivity contribution in [2.24, 2.45) is 29.1 Å². The number of carbonyl (C=O) groups is 3. The fourth-order valence-electron chi connectivity index (χ4n) is 4.86. The molecule has 6 heteroatoms. The molecule has 5 rings (SSSR count). The minimum absolute atomic E-state index is 0.164. The number of hydrazine groups is 1. The maximum atomic E-state index is 12.7. The van der Waals surface area contributed by atoms with Crippen LogP contribution < -0.4 is 5.43 Å². The lowest BCUT2D eigenvalue weighted by Crippen LogP contribution is -2.47. The van der Waals surface area contributed by atoms with Crippen molar-refractivity contribution in [1.82, 2.24) is 15.4 Å². The Kier molecular flexibility index (Phi) is 2.30. The van der Waals surface area contributed by atoms with Gasteiger partial charge in [-0.2, -0.15) is 5.01 Å². The van der Waals surface area contributed by atoms with Crippen LogP contribution in [0.1, 0.15) is 23.2 Å². The molecular formula is C17H15N3O3. The number of nitrogens with one attached hydrogen (secondary N) is 1. The van der Waals surface area contributed by atoms with E-state index in [2.05, 4.69) is 22.6 Å². The van der Waals surface area contributed by atoms with Crippen molar-refractivity contribution in [2.75, 3.05) is 0 Å². The van der Waals surface area contributed by atoms with E-state index in [-0.39, 0.29) is 40.9 Å². The molecule has 1 spiro atoms. The zero-order valence-corrected chi connectivity index (χ0v) is 12.3. The molecule has 3 amide bonds. The van der Waals surface area contributed by atoms with Crippen LogP contribution in [-0.2, 0) is 9.59 Å². The highest BCUT2D eigenvalue weighted by atomic mass is 16.2. The number of allylic oxidation sites excluding steroid dienone is 2. The summed E-state index contributed by atoms with van der Waals surface area (Å²) in [7, 11) is 0. The first kappa shape index (κ1) is 13.0. The van der Waals surface area contributed by atoms with Crippen LogP contribution in [0.5, 0.6) is 0 Å². The number of amides is 3. The monoisotopic (exact) mass is 309 g/mol. The topological polar surface area (TPSA) is 79.4 Å².